The standard InChI is InChI=1S/C25H26N4O3S/c30-22(12-17-4-2-1-3-5-17)29(14-19-6-7-19)25-27-26-23(33-25)20-10-8-18(9-11-20)13-28-15-21(16-28)24(31)32/h1-5,8-11,19,21H,6-7,12-16H2,(H,31,32). The molecule has 0 spiro atoms. The molecule has 0 bridgehead atoms. The Hall–Kier alpha value is -3.10. The monoisotopic (exact) mass is 462 g/mol. The molecular weight excluding hydrogens is 436 g/mol. The number of carboxylic acid groups (broad SMARTS) is 1. The number of aliphatic carboxylic acids is 1. The van der Waals surface area contributed by atoms with Gasteiger partial charge in [0.15, 0.2) is 0 Å². The highest BCUT2D eigenvalue weighted by molar-refractivity contribution is 7.18. The highest BCUT2D eigenvalue weighted by atomic mass is 32.1. The molecule has 3 aromatic rings. The number of likely N-dealkylation sites (tertiary alicyclic amines) is 1. The van der Waals surface area contributed by atoms with Crippen LogP contribution in [0.15, 0.2) is 54.6 Å². The number of amides is 1. The molecule has 0 unspecified atom stereocenters. The third-order valence-electron chi connectivity index (χ3n) is 6.20. The molecule has 2 heterocycles. The second kappa shape index (κ2) is 9.41. The summed E-state index contributed by atoms with van der Waals surface area (Å²) in [6.45, 7) is 2.65. The molecule has 1 saturated carbocycles. The summed E-state index contributed by atoms with van der Waals surface area (Å²) in [5, 5.41) is 19.2. The molecule has 1 N–H and O–H groups in total. The lowest BCUT2D eigenvalue weighted by molar-refractivity contribution is -0.147. The van der Waals surface area contributed by atoms with Gasteiger partial charge >= 0.3 is 5.97 Å². The van der Waals surface area contributed by atoms with Crippen molar-refractivity contribution in [3.8, 4) is 10.6 Å². The second-order valence-corrected chi connectivity index (χ2v) is 9.88. The minimum absolute atomic E-state index is 0.0559. The molecule has 1 saturated heterocycles. The molecule has 5 rings (SSSR count). The van der Waals surface area contributed by atoms with E-state index in [0.717, 1.165) is 41.1 Å². The van der Waals surface area contributed by atoms with Crippen LogP contribution < -0.4 is 4.90 Å². The normalized spacial score (nSPS) is 16.4. The van der Waals surface area contributed by atoms with Crippen LogP contribution in [-0.4, -0.2) is 51.7 Å². The summed E-state index contributed by atoms with van der Waals surface area (Å²) < 4.78 is 0. The molecule has 7 nitrogen and oxygen atoms in total. The van der Waals surface area contributed by atoms with Crippen LogP contribution in [0.5, 0.6) is 0 Å². The van der Waals surface area contributed by atoms with Crippen LogP contribution >= 0.6 is 11.3 Å². The van der Waals surface area contributed by atoms with E-state index in [0.29, 0.717) is 37.1 Å². The van der Waals surface area contributed by atoms with Gasteiger partial charge in [0.25, 0.3) is 0 Å². The maximum atomic E-state index is 13.1. The van der Waals surface area contributed by atoms with Gasteiger partial charge in [-0.3, -0.25) is 19.4 Å². The van der Waals surface area contributed by atoms with Crippen LogP contribution in [0.1, 0.15) is 24.0 Å². The number of hydrogen-bond donors (Lipinski definition) is 1. The molecule has 2 aliphatic rings. The quantitative estimate of drug-likeness (QED) is 0.522. The number of nitrogens with zero attached hydrogens (tertiary/aromatic N) is 4. The molecule has 1 aromatic heterocycles. The van der Waals surface area contributed by atoms with Gasteiger partial charge in [-0.25, -0.2) is 0 Å². The maximum Gasteiger partial charge on any atom is 0.309 e. The minimum atomic E-state index is -0.716. The summed E-state index contributed by atoms with van der Waals surface area (Å²) in [7, 11) is 0. The lowest BCUT2D eigenvalue weighted by Crippen LogP contribution is -2.49. The predicted octanol–water partition coefficient (Wildman–Crippen LogP) is 3.71. The van der Waals surface area contributed by atoms with Crippen molar-refractivity contribution in [3.63, 3.8) is 0 Å². The SMILES string of the molecule is O=C(O)C1CN(Cc2ccc(-c3nnc(N(CC4CC4)C(=O)Cc4ccccc4)s3)cc2)C1. The summed E-state index contributed by atoms with van der Waals surface area (Å²) in [6, 6.07) is 17.9. The van der Waals surface area contributed by atoms with E-state index in [2.05, 4.69) is 15.1 Å². The third kappa shape index (κ3) is 5.29. The predicted molar refractivity (Wildman–Crippen MR) is 127 cm³/mol. The van der Waals surface area contributed by atoms with Gasteiger partial charge in [0, 0.05) is 31.7 Å². The Kier molecular flexibility index (Phi) is 6.20. The number of anilines is 1. The van der Waals surface area contributed by atoms with Gasteiger partial charge in [0.05, 0.1) is 12.3 Å². The Morgan fingerprint density at radius 1 is 1.00 bits per heavy atom. The molecule has 33 heavy (non-hydrogen) atoms. The molecular formula is C25H26N4O3S. The Bertz CT molecular complexity index is 1120. The highest BCUT2D eigenvalue weighted by Gasteiger charge is 2.32. The van der Waals surface area contributed by atoms with Gasteiger partial charge in [0.1, 0.15) is 5.01 Å². The van der Waals surface area contributed by atoms with Crippen molar-refractivity contribution in [2.75, 3.05) is 24.5 Å². The van der Waals surface area contributed by atoms with Gasteiger partial charge in [-0.05, 0) is 29.9 Å². The van der Waals surface area contributed by atoms with Crippen molar-refractivity contribution in [1.29, 1.82) is 0 Å². The first kappa shape index (κ1) is 21.7. The van der Waals surface area contributed by atoms with Gasteiger partial charge in [-0.15, -0.1) is 10.2 Å². The number of hydrogen-bond acceptors (Lipinski definition) is 6. The van der Waals surface area contributed by atoms with Crippen LogP contribution in [0.25, 0.3) is 10.6 Å². The third-order valence-corrected chi connectivity index (χ3v) is 7.19. The first-order chi connectivity index (χ1) is 16.0. The number of benzene rings is 2. The number of carboxylic acids is 1. The lowest BCUT2D eigenvalue weighted by Gasteiger charge is -2.36. The molecule has 1 amide bonds. The number of carbonyl (C=O) groups excluding carboxylic acids is 1. The summed E-state index contributed by atoms with van der Waals surface area (Å²) in [5.74, 6) is -0.349. The van der Waals surface area contributed by atoms with E-state index in [1.165, 1.54) is 11.3 Å². The summed E-state index contributed by atoms with van der Waals surface area (Å²) >= 11 is 1.45. The molecule has 170 valence electrons. The average Bonchev–Trinajstić information content (AvgIpc) is 3.49. The van der Waals surface area contributed by atoms with Gasteiger partial charge < -0.3 is 5.11 Å². The van der Waals surface area contributed by atoms with Crippen molar-refractivity contribution in [1.82, 2.24) is 15.1 Å². The summed E-state index contributed by atoms with van der Waals surface area (Å²) in [5.41, 5.74) is 3.11. The fraction of sp³-hybridized carbons (Fsp3) is 0.360. The fourth-order valence-electron chi connectivity index (χ4n) is 4.02. The molecule has 2 fully saturated rings. The maximum absolute atomic E-state index is 13.1. The van der Waals surface area contributed by atoms with E-state index in [9.17, 15) is 9.59 Å². The smallest absolute Gasteiger partial charge is 0.309 e. The lowest BCUT2D eigenvalue weighted by atomic mass is 9.99. The largest absolute Gasteiger partial charge is 0.481 e. The van der Waals surface area contributed by atoms with Crippen LogP contribution in [-0.2, 0) is 22.6 Å². The topological polar surface area (TPSA) is 86.6 Å². The zero-order valence-corrected chi connectivity index (χ0v) is 19.1. The molecule has 0 radical (unpaired) electrons. The Morgan fingerprint density at radius 3 is 2.39 bits per heavy atom. The van der Waals surface area contributed by atoms with Crippen LogP contribution in [0.3, 0.4) is 0 Å². The number of carbonyl (C=O) groups is 2. The fourth-order valence-corrected chi connectivity index (χ4v) is 4.90. The highest BCUT2D eigenvalue weighted by Crippen LogP contribution is 2.35. The Balaban J connectivity index is 1.25. The summed E-state index contributed by atoms with van der Waals surface area (Å²) in [4.78, 5) is 28.0. The van der Waals surface area contributed by atoms with Gasteiger partial charge in [0.2, 0.25) is 11.0 Å². The molecule has 1 aliphatic carbocycles. The molecule has 2 aromatic carbocycles. The number of rotatable bonds is 9. The van der Waals surface area contributed by atoms with E-state index in [1.807, 2.05) is 59.5 Å². The van der Waals surface area contributed by atoms with Crippen molar-refractivity contribution >= 4 is 28.3 Å². The molecule has 0 atom stereocenters. The zero-order valence-electron chi connectivity index (χ0n) is 18.3. The molecule has 8 heteroatoms. The zero-order chi connectivity index (χ0) is 22.8. The van der Waals surface area contributed by atoms with Crippen molar-refractivity contribution in [3.05, 3.63) is 65.7 Å². The minimum Gasteiger partial charge on any atom is -0.481 e. The molecule has 1 aliphatic heterocycles. The van der Waals surface area contributed by atoms with Gasteiger partial charge in [-0.2, -0.15) is 0 Å². The van der Waals surface area contributed by atoms with Crippen molar-refractivity contribution in [2.45, 2.75) is 25.8 Å². The van der Waals surface area contributed by atoms with E-state index in [-0.39, 0.29) is 11.8 Å². The number of aromatic nitrogens is 2. The van der Waals surface area contributed by atoms with Crippen LogP contribution in [0.2, 0.25) is 0 Å². The van der Waals surface area contributed by atoms with E-state index in [4.69, 9.17) is 5.11 Å². The van der Waals surface area contributed by atoms with E-state index < -0.39 is 5.97 Å². The van der Waals surface area contributed by atoms with Crippen LogP contribution in [0, 0.1) is 11.8 Å². The van der Waals surface area contributed by atoms with Crippen LogP contribution in [0.4, 0.5) is 5.13 Å². The first-order valence-electron chi connectivity index (χ1n) is 11.3. The van der Waals surface area contributed by atoms with E-state index >= 15 is 0 Å². The summed E-state index contributed by atoms with van der Waals surface area (Å²) in [6.07, 6.45) is 2.68. The van der Waals surface area contributed by atoms with Crippen molar-refractivity contribution in [2.24, 2.45) is 11.8 Å². The first-order valence-corrected chi connectivity index (χ1v) is 12.1. The Labute approximate surface area is 196 Å². The average molecular weight is 463 g/mol. The second-order valence-electron chi connectivity index (χ2n) is 8.93. The van der Waals surface area contributed by atoms with Crippen molar-refractivity contribution < 1.29 is 14.7 Å². The van der Waals surface area contributed by atoms with E-state index in [1.54, 1.807) is 0 Å². The van der Waals surface area contributed by atoms with Gasteiger partial charge in [-0.1, -0.05) is 65.9 Å². The Morgan fingerprint density at radius 2 is 1.73 bits per heavy atom.